The van der Waals surface area contributed by atoms with Crippen molar-refractivity contribution < 1.29 is 0 Å². The van der Waals surface area contributed by atoms with E-state index in [1.54, 1.807) is 0 Å². The third-order valence-electron chi connectivity index (χ3n) is 4.52. The highest BCUT2D eigenvalue weighted by molar-refractivity contribution is 4.83. The third kappa shape index (κ3) is 4.26. The number of likely N-dealkylation sites (tertiary alicyclic amines) is 1. The Morgan fingerprint density at radius 2 is 1.82 bits per heavy atom. The molecule has 1 atom stereocenters. The van der Waals surface area contributed by atoms with E-state index in [1.165, 1.54) is 77.5 Å². The van der Waals surface area contributed by atoms with Gasteiger partial charge in [0.1, 0.15) is 0 Å². The summed E-state index contributed by atoms with van der Waals surface area (Å²) in [4.78, 5) is 2.80. The summed E-state index contributed by atoms with van der Waals surface area (Å²) in [6, 6.07) is 0.925. The molecule has 1 aliphatic carbocycles. The topological polar surface area (TPSA) is 15.3 Å². The summed E-state index contributed by atoms with van der Waals surface area (Å²) in [5, 5.41) is 3.59. The molecular weight excluding hydrogens is 208 g/mol. The molecule has 0 aromatic rings. The van der Waals surface area contributed by atoms with Gasteiger partial charge in [-0.2, -0.15) is 0 Å². The fraction of sp³-hybridized carbons (Fsp3) is 1.00. The number of nitrogens with one attached hydrogen (secondary N) is 1. The monoisotopic (exact) mass is 238 g/mol. The summed E-state index contributed by atoms with van der Waals surface area (Å²) in [5.74, 6) is 0.921. The maximum atomic E-state index is 3.59. The van der Waals surface area contributed by atoms with E-state index in [9.17, 15) is 0 Å². The maximum absolute atomic E-state index is 3.59. The van der Waals surface area contributed by atoms with Crippen molar-refractivity contribution in [2.24, 2.45) is 5.92 Å². The number of nitrogens with zero attached hydrogens (tertiary/aromatic N) is 1. The second-order valence-corrected chi connectivity index (χ2v) is 6.00. The van der Waals surface area contributed by atoms with Gasteiger partial charge in [0.25, 0.3) is 0 Å². The lowest BCUT2D eigenvalue weighted by atomic mass is 10.1. The predicted octanol–water partition coefficient (Wildman–Crippen LogP) is 3.03. The van der Waals surface area contributed by atoms with Crippen molar-refractivity contribution in [2.45, 2.75) is 64.3 Å². The standard InChI is InChI=1S/C15H30N2/c1-2-10-16-12-14-9-11-17(13-14)15-7-5-3-4-6-8-15/h14-16H,2-13H2,1H3. The summed E-state index contributed by atoms with van der Waals surface area (Å²) < 4.78 is 0. The summed E-state index contributed by atoms with van der Waals surface area (Å²) in [6.07, 6.45) is 11.5. The van der Waals surface area contributed by atoms with Gasteiger partial charge in [0.15, 0.2) is 0 Å². The number of hydrogen-bond donors (Lipinski definition) is 1. The van der Waals surface area contributed by atoms with Gasteiger partial charge < -0.3 is 10.2 Å². The molecule has 0 aromatic heterocycles. The van der Waals surface area contributed by atoms with E-state index < -0.39 is 0 Å². The molecule has 0 amide bonds. The summed E-state index contributed by atoms with van der Waals surface area (Å²) in [5.41, 5.74) is 0. The minimum Gasteiger partial charge on any atom is -0.316 e. The minimum atomic E-state index is 0.921. The van der Waals surface area contributed by atoms with Crippen molar-refractivity contribution >= 4 is 0 Å². The highest BCUT2D eigenvalue weighted by Crippen LogP contribution is 2.26. The first-order chi connectivity index (χ1) is 8.40. The highest BCUT2D eigenvalue weighted by Gasteiger charge is 2.27. The van der Waals surface area contributed by atoms with Crippen LogP contribution in [-0.2, 0) is 0 Å². The summed E-state index contributed by atoms with van der Waals surface area (Å²) >= 11 is 0. The second kappa shape index (κ2) is 7.38. The molecule has 2 fully saturated rings. The van der Waals surface area contributed by atoms with Crippen LogP contribution >= 0.6 is 0 Å². The van der Waals surface area contributed by atoms with Gasteiger partial charge in [-0.05, 0) is 51.2 Å². The van der Waals surface area contributed by atoms with Crippen LogP contribution < -0.4 is 5.32 Å². The number of rotatable bonds is 5. The van der Waals surface area contributed by atoms with E-state index in [4.69, 9.17) is 0 Å². The largest absolute Gasteiger partial charge is 0.316 e. The van der Waals surface area contributed by atoms with Crippen LogP contribution in [0.1, 0.15) is 58.3 Å². The van der Waals surface area contributed by atoms with E-state index in [2.05, 4.69) is 17.1 Å². The fourth-order valence-electron chi connectivity index (χ4n) is 3.47. The van der Waals surface area contributed by atoms with Crippen LogP contribution in [0, 0.1) is 5.92 Å². The van der Waals surface area contributed by atoms with Crippen molar-refractivity contribution in [3.05, 3.63) is 0 Å². The normalized spacial score (nSPS) is 28.4. The Balaban J connectivity index is 1.68. The molecule has 0 aromatic carbocycles. The van der Waals surface area contributed by atoms with Gasteiger partial charge in [0.05, 0.1) is 0 Å². The Kier molecular flexibility index (Phi) is 5.79. The van der Waals surface area contributed by atoms with Crippen LogP contribution in [0.5, 0.6) is 0 Å². The van der Waals surface area contributed by atoms with Crippen LogP contribution in [0.25, 0.3) is 0 Å². The van der Waals surface area contributed by atoms with Gasteiger partial charge >= 0.3 is 0 Å². The van der Waals surface area contributed by atoms with E-state index in [0.29, 0.717) is 0 Å². The van der Waals surface area contributed by atoms with Crippen LogP contribution in [0.4, 0.5) is 0 Å². The predicted molar refractivity (Wildman–Crippen MR) is 74.3 cm³/mol. The van der Waals surface area contributed by atoms with E-state index >= 15 is 0 Å². The van der Waals surface area contributed by atoms with E-state index in [1.807, 2.05) is 0 Å². The number of hydrogen-bond acceptors (Lipinski definition) is 2. The van der Waals surface area contributed by atoms with Crippen molar-refractivity contribution in [1.82, 2.24) is 10.2 Å². The maximum Gasteiger partial charge on any atom is 0.00953 e. The molecule has 2 aliphatic rings. The van der Waals surface area contributed by atoms with Gasteiger partial charge in [-0.3, -0.25) is 0 Å². The molecule has 2 nitrogen and oxygen atoms in total. The first-order valence-corrected chi connectivity index (χ1v) is 7.85. The molecule has 0 spiro atoms. The molecule has 17 heavy (non-hydrogen) atoms. The Morgan fingerprint density at radius 3 is 2.53 bits per heavy atom. The first kappa shape index (κ1) is 13.4. The van der Waals surface area contributed by atoms with Crippen LogP contribution in [0.15, 0.2) is 0 Å². The molecule has 1 N–H and O–H groups in total. The van der Waals surface area contributed by atoms with Crippen LogP contribution in [0.3, 0.4) is 0 Å². The van der Waals surface area contributed by atoms with Crippen molar-refractivity contribution in [3.8, 4) is 0 Å². The molecule has 2 rings (SSSR count). The Hall–Kier alpha value is -0.0800. The third-order valence-corrected chi connectivity index (χ3v) is 4.52. The average molecular weight is 238 g/mol. The van der Waals surface area contributed by atoms with Gasteiger partial charge in [-0.15, -0.1) is 0 Å². The molecule has 1 unspecified atom stereocenters. The highest BCUT2D eigenvalue weighted by atomic mass is 15.2. The Labute approximate surface area is 107 Å². The van der Waals surface area contributed by atoms with Crippen molar-refractivity contribution in [2.75, 3.05) is 26.2 Å². The molecular formula is C15H30N2. The SMILES string of the molecule is CCCNCC1CCN(C2CCCCCC2)C1. The lowest BCUT2D eigenvalue weighted by molar-refractivity contribution is 0.213. The summed E-state index contributed by atoms with van der Waals surface area (Å²) in [6.45, 7) is 7.42. The molecule has 1 aliphatic heterocycles. The zero-order chi connectivity index (χ0) is 11.9. The molecule has 0 radical (unpaired) electrons. The second-order valence-electron chi connectivity index (χ2n) is 6.00. The van der Waals surface area contributed by atoms with E-state index in [0.717, 1.165) is 12.0 Å². The zero-order valence-corrected chi connectivity index (χ0v) is 11.6. The Bertz CT molecular complexity index is 197. The zero-order valence-electron chi connectivity index (χ0n) is 11.6. The molecule has 1 saturated heterocycles. The quantitative estimate of drug-likeness (QED) is 0.585. The molecule has 0 bridgehead atoms. The molecule has 2 heteroatoms. The van der Waals surface area contributed by atoms with E-state index in [-0.39, 0.29) is 0 Å². The Morgan fingerprint density at radius 1 is 1.06 bits per heavy atom. The lowest BCUT2D eigenvalue weighted by Gasteiger charge is -2.26. The van der Waals surface area contributed by atoms with Crippen molar-refractivity contribution in [1.29, 1.82) is 0 Å². The first-order valence-electron chi connectivity index (χ1n) is 7.85. The van der Waals surface area contributed by atoms with Gasteiger partial charge in [-0.25, -0.2) is 0 Å². The van der Waals surface area contributed by atoms with Gasteiger partial charge in [0.2, 0.25) is 0 Å². The van der Waals surface area contributed by atoms with Crippen LogP contribution in [-0.4, -0.2) is 37.1 Å². The van der Waals surface area contributed by atoms with Gasteiger partial charge in [-0.1, -0.05) is 32.6 Å². The minimum absolute atomic E-state index is 0.921. The van der Waals surface area contributed by atoms with Crippen molar-refractivity contribution in [3.63, 3.8) is 0 Å². The van der Waals surface area contributed by atoms with Crippen LogP contribution in [0.2, 0.25) is 0 Å². The average Bonchev–Trinajstić information content (AvgIpc) is 2.64. The fourth-order valence-corrected chi connectivity index (χ4v) is 3.47. The lowest BCUT2D eigenvalue weighted by Crippen LogP contribution is -2.34. The summed E-state index contributed by atoms with van der Waals surface area (Å²) in [7, 11) is 0. The smallest absolute Gasteiger partial charge is 0.00953 e. The molecule has 1 heterocycles. The van der Waals surface area contributed by atoms with Gasteiger partial charge in [0, 0.05) is 12.6 Å². The molecule has 1 saturated carbocycles. The molecule has 100 valence electrons.